The van der Waals surface area contributed by atoms with E-state index >= 15 is 0 Å². The number of furan rings is 1. The molecule has 7 heteroatoms. The predicted octanol–water partition coefficient (Wildman–Crippen LogP) is 3.34. The SMILES string of the molecule is Cn1nc(C2CCCN(C(=O)c3cc4ccccc4o3)C2)n(-c2ccccc2)c1=O. The summed E-state index contributed by atoms with van der Waals surface area (Å²) in [5, 5.41) is 5.43. The quantitative estimate of drug-likeness (QED) is 0.527. The van der Waals surface area contributed by atoms with Crippen molar-refractivity contribution < 1.29 is 9.21 Å². The molecule has 5 rings (SSSR count). The van der Waals surface area contributed by atoms with Crippen LogP contribution >= 0.6 is 0 Å². The van der Waals surface area contributed by atoms with Crippen LogP contribution in [0.2, 0.25) is 0 Å². The van der Waals surface area contributed by atoms with Crippen LogP contribution in [0.15, 0.2) is 69.9 Å². The fraction of sp³-hybridized carbons (Fsp3) is 0.261. The second-order valence-electron chi connectivity index (χ2n) is 7.67. The Bertz CT molecular complexity index is 1240. The normalized spacial score (nSPS) is 16.8. The standard InChI is InChI=1S/C23H22N4O3/c1-25-23(29)27(18-10-3-2-4-11-18)21(24-25)17-9-7-13-26(15-17)22(28)20-14-16-8-5-6-12-19(16)30-20/h2-6,8,10-12,14,17H,7,9,13,15H2,1H3. The van der Waals surface area contributed by atoms with Gasteiger partial charge in [0.05, 0.1) is 5.69 Å². The summed E-state index contributed by atoms with van der Waals surface area (Å²) in [4.78, 5) is 27.7. The highest BCUT2D eigenvalue weighted by atomic mass is 16.3. The number of piperidine rings is 1. The summed E-state index contributed by atoms with van der Waals surface area (Å²) in [6, 6.07) is 18.9. The second kappa shape index (κ2) is 7.33. The van der Waals surface area contributed by atoms with Crippen molar-refractivity contribution in [1.82, 2.24) is 19.2 Å². The highest BCUT2D eigenvalue weighted by Crippen LogP contribution is 2.28. The van der Waals surface area contributed by atoms with Gasteiger partial charge in [0, 0.05) is 31.4 Å². The van der Waals surface area contributed by atoms with Crippen molar-refractivity contribution in [2.24, 2.45) is 7.05 Å². The smallest absolute Gasteiger partial charge is 0.350 e. The lowest BCUT2D eigenvalue weighted by Gasteiger charge is -2.31. The maximum absolute atomic E-state index is 13.1. The van der Waals surface area contributed by atoms with Crippen LogP contribution in [-0.2, 0) is 7.05 Å². The Kier molecular flexibility index (Phi) is 4.50. The fourth-order valence-electron chi connectivity index (χ4n) is 4.18. The van der Waals surface area contributed by atoms with Crippen LogP contribution in [-0.4, -0.2) is 38.2 Å². The Morgan fingerprint density at radius 1 is 1.10 bits per heavy atom. The molecule has 0 radical (unpaired) electrons. The largest absolute Gasteiger partial charge is 0.451 e. The van der Waals surface area contributed by atoms with Crippen LogP contribution < -0.4 is 5.69 Å². The Morgan fingerprint density at radius 2 is 1.87 bits per heavy atom. The molecule has 0 bridgehead atoms. The van der Waals surface area contributed by atoms with E-state index < -0.39 is 0 Å². The topological polar surface area (TPSA) is 73.3 Å². The first-order valence-electron chi connectivity index (χ1n) is 10.1. The number of aromatic nitrogens is 3. The molecule has 7 nitrogen and oxygen atoms in total. The molecule has 1 aliphatic heterocycles. The summed E-state index contributed by atoms with van der Waals surface area (Å²) in [5.41, 5.74) is 1.31. The van der Waals surface area contributed by atoms with Crippen molar-refractivity contribution in [1.29, 1.82) is 0 Å². The Morgan fingerprint density at radius 3 is 2.67 bits per heavy atom. The fourth-order valence-corrected chi connectivity index (χ4v) is 4.18. The molecular formula is C23H22N4O3. The van der Waals surface area contributed by atoms with E-state index in [-0.39, 0.29) is 17.5 Å². The first kappa shape index (κ1) is 18.4. The van der Waals surface area contributed by atoms with Crippen molar-refractivity contribution in [2.45, 2.75) is 18.8 Å². The molecule has 1 aliphatic rings. The molecule has 4 aromatic rings. The van der Waals surface area contributed by atoms with E-state index in [2.05, 4.69) is 5.10 Å². The van der Waals surface area contributed by atoms with Gasteiger partial charge in [-0.3, -0.25) is 4.79 Å². The molecule has 0 N–H and O–H groups in total. The number of rotatable bonds is 3. The van der Waals surface area contributed by atoms with E-state index in [1.165, 1.54) is 4.68 Å². The predicted molar refractivity (Wildman–Crippen MR) is 113 cm³/mol. The molecule has 2 aromatic carbocycles. The zero-order valence-corrected chi connectivity index (χ0v) is 16.7. The van der Waals surface area contributed by atoms with Gasteiger partial charge < -0.3 is 9.32 Å². The third-order valence-corrected chi connectivity index (χ3v) is 5.67. The summed E-state index contributed by atoms with van der Waals surface area (Å²) in [6.07, 6.45) is 1.71. The number of amides is 1. The first-order valence-corrected chi connectivity index (χ1v) is 10.1. The average Bonchev–Trinajstić information content (AvgIpc) is 3.35. The number of hydrogen-bond acceptors (Lipinski definition) is 4. The summed E-state index contributed by atoms with van der Waals surface area (Å²) >= 11 is 0. The van der Waals surface area contributed by atoms with Gasteiger partial charge in [0.25, 0.3) is 5.91 Å². The zero-order chi connectivity index (χ0) is 20.7. The van der Waals surface area contributed by atoms with E-state index in [4.69, 9.17) is 4.42 Å². The van der Waals surface area contributed by atoms with Gasteiger partial charge in [-0.25, -0.2) is 14.0 Å². The Labute approximate surface area is 173 Å². The van der Waals surface area contributed by atoms with Crippen LogP contribution in [0.1, 0.15) is 35.1 Å². The molecule has 152 valence electrons. The minimum Gasteiger partial charge on any atom is -0.451 e. The van der Waals surface area contributed by atoms with Crippen LogP contribution in [0.5, 0.6) is 0 Å². The number of aryl methyl sites for hydroxylation is 1. The lowest BCUT2D eigenvalue weighted by Crippen LogP contribution is -2.39. The van der Waals surface area contributed by atoms with Crippen LogP contribution in [0, 0.1) is 0 Å². The molecular weight excluding hydrogens is 380 g/mol. The molecule has 2 aromatic heterocycles. The van der Waals surface area contributed by atoms with Crippen molar-refractivity contribution in [2.75, 3.05) is 13.1 Å². The van der Waals surface area contributed by atoms with Gasteiger partial charge in [0.15, 0.2) is 5.76 Å². The summed E-state index contributed by atoms with van der Waals surface area (Å²) < 4.78 is 8.79. The zero-order valence-electron chi connectivity index (χ0n) is 16.7. The minimum atomic E-state index is -0.183. The summed E-state index contributed by atoms with van der Waals surface area (Å²) in [6.45, 7) is 1.16. The average molecular weight is 402 g/mol. The molecule has 0 aliphatic carbocycles. The molecule has 0 spiro atoms. The molecule has 30 heavy (non-hydrogen) atoms. The van der Waals surface area contributed by atoms with E-state index in [0.29, 0.717) is 30.3 Å². The van der Waals surface area contributed by atoms with Crippen molar-refractivity contribution >= 4 is 16.9 Å². The molecule has 1 fully saturated rings. The molecule has 1 atom stereocenters. The van der Waals surface area contributed by atoms with E-state index in [1.807, 2.05) is 54.6 Å². The van der Waals surface area contributed by atoms with Crippen molar-refractivity contribution in [3.8, 4) is 5.69 Å². The third-order valence-electron chi connectivity index (χ3n) is 5.67. The number of nitrogens with zero attached hydrogens (tertiary/aromatic N) is 4. The number of para-hydroxylation sites is 2. The number of hydrogen-bond donors (Lipinski definition) is 0. The number of benzene rings is 2. The van der Waals surface area contributed by atoms with Crippen LogP contribution in [0.4, 0.5) is 0 Å². The molecule has 1 unspecified atom stereocenters. The Balaban J connectivity index is 1.46. The van der Waals surface area contributed by atoms with Gasteiger partial charge in [0.2, 0.25) is 0 Å². The second-order valence-corrected chi connectivity index (χ2v) is 7.67. The molecule has 0 saturated carbocycles. The van der Waals surface area contributed by atoms with E-state index in [0.717, 1.165) is 23.9 Å². The van der Waals surface area contributed by atoms with Crippen molar-refractivity contribution in [3.05, 3.63) is 82.7 Å². The van der Waals surface area contributed by atoms with E-state index in [1.54, 1.807) is 22.6 Å². The highest BCUT2D eigenvalue weighted by Gasteiger charge is 2.31. The summed E-state index contributed by atoms with van der Waals surface area (Å²) in [5.74, 6) is 0.885. The van der Waals surface area contributed by atoms with Gasteiger partial charge in [-0.2, -0.15) is 5.10 Å². The molecule has 1 amide bonds. The lowest BCUT2D eigenvalue weighted by molar-refractivity contribution is 0.0674. The maximum Gasteiger partial charge on any atom is 0.350 e. The van der Waals surface area contributed by atoms with Gasteiger partial charge >= 0.3 is 5.69 Å². The maximum atomic E-state index is 13.1. The highest BCUT2D eigenvalue weighted by molar-refractivity contribution is 5.96. The molecule has 3 heterocycles. The van der Waals surface area contributed by atoms with Gasteiger partial charge in [-0.05, 0) is 37.1 Å². The van der Waals surface area contributed by atoms with Gasteiger partial charge in [-0.15, -0.1) is 0 Å². The van der Waals surface area contributed by atoms with Crippen LogP contribution in [0.25, 0.3) is 16.7 Å². The number of carbonyl (C=O) groups is 1. The number of likely N-dealkylation sites (tertiary alicyclic amines) is 1. The summed E-state index contributed by atoms with van der Waals surface area (Å²) in [7, 11) is 1.66. The van der Waals surface area contributed by atoms with Gasteiger partial charge in [-0.1, -0.05) is 36.4 Å². The van der Waals surface area contributed by atoms with Gasteiger partial charge in [0.1, 0.15) is 11.4 Å². The number of fused-ring (bicyclic) bond motifs is 1. The molecule has 1 saturated heterocycles. The van der Waals surface area contributed by atoms with Crippen LogP contribution in [0.3, 0.4) is 0 Å². The minimum absolute atomic E-state index is 0.0267. The third kappa shape index (κ3) is 3.12. The lowest BCUT2D eigenvalue weighted by atomic mass is 9.96. The van der Waals surface area contributed by atoms with Crippen molar-refractivity contribution in [3.63, 3.8) is 0 Å². The van der Waals surface area contributed by atoms with E-state index in [9.17, 15) is 9.59 Å². The monoisotopic (exact) mass is 402 g/mol. The first-order chi connectivity index (χ1) is 14.6. The number of carbonyl (C=O) groups excluding carboxylic acids is 1. The Hall–Kier alpha value is -3.61.